The van der Waals surface area contributed by atoms with Gasteiger partial charge in [-0.15, -0.1) is 0 Å². The Morgan fingerprint density at radius 2 is 2.13 bits per heavy atom. The van der Waals surface area contributed by atoms with Crippen LogP contribution in [0.2, 0.25) is 0 Å². The zero-order valence-corrected chi connectivity index (χ0v) is 16.7. The fourth-order valence-electron chi connectivity index (χ4n) is 6.73. The molecule has 1 aromatic heterocycles. The predicted octanol–water partition coefficient (Wildman–Crippen LogP) is 2.40. The number of para-hydroxylation sites is 1. The van der Waals surface area contributed by atoms with Crippen LogP contribution in [-0.4, -0.2) is 35.4 Å². The SMILES string of the molecule is COc1ccc2c3c1OC1c4nc5ccccc5c(N)c4CC4(O)[C@@H](C2)NCC[C@]314. The maximum atomic E-state index is 12.4. The van der Waals surface area contributed by atoms with Crippen molar-refractivity contribution < 1.29 is 14.6 Å². The highest BCUT2D eigenvalue weighted by Gasteiger charge is 2.71. The molecule has 7 rings (SSSR count). The Morgan fingerprint density at radius 3 is 3.00 bits per heavy atom. The largest absolute Gasteiger partial charge is 0.493 e. The minimum atomic E-state index is -0.994. The molecule has 2 aromatic carbocycles. The number of benzene rings is 2. The van der Waals surface area contributed by atoms with Crippen LogP contribution in [0, 0.1) is 0 Å². The van der Waals surface area contributed by atoms with Gasteiger partial charge in [0.25, 0.3) is 0 Å². The van der Waals surface area contributed by atoms with E-state index in [0.717, 1.165) is 52.9 Å². The van der Waals surface area contributed by atoms with Crippen molar-refractivity contribution in [2.45, 2.75) is 42.4 Å². The van der Waals surface area contributed by atoms with E-state index < -0.39 is 11.0 Å². The number of nitrogen functional groups attached to an aromatic ring is 1. The second-order valence-corrected chi connectivity index (χ2v) is 9.07. The van der Waals surface area contributed by atoms with E-state index in [1.54, 1.807) is 7.11 Å². The van der Waals surface area contributed by atoms with Crippen LogP contribution >= 0.6 is 0 Å². The molecule has 2 bridgehead atoms. The number of hydrogen-bond acceptors (Lipinski definition) is 6. The molecule has 0 radical (unpaired) electrons. The van der Waals surface area contributed by atoms with Gasteiger partial charge in [0, 0.05) is 34.7 Å². The quantitative estimate of drug-likeness (QED) is 0.580. The van der Waals surface area contributed by atoms with Gasteiger partial charge < -0.3 is 25.6 Å². The molecule has 3 heterocycles. The third kappa shape index (κ3) is 1.66. The van der Waals surface area contributed by atoms with Crippen LogP contribution in [-0.2, 0) is 18.3 Å². The monoisotopic (exact) mass is 401 g/mol. The Morgan fingerprint density at radius 1 is 1.27 bits per heavy atom. The summed E-state index contributed by atoms with van der Waals surface area (Å²) in [6, 6.07) is 12.0. The number of ether oxygens (including phenoxy) is 2. The minimum absolute atomic E-state index is 0.0526. The lowest BCUT2D eigenvalue weighted by molar-refractivity contribution is -0.134. The van der Waals surface area contributed by atoms with Gasteiger partial charge in [-0.1, -0.05) is 24.3 Å². The number of nitrogens with zero attached hydrogens (tertiary/aromatic N) is 1. The summed E-state index contributed by atoms with van der Waals surface area (Å²) in [6.45, 7) is 0.835. The number of piperidine rings is 1. The lowest BCUT2D eigenvalue weighted by Crippen LogP contribution is -2.74. The Bertz CT molecular complexity index is 1260. The molecule has 1 saturated heterocycles. The first-order valence-corrected chi connectivity index (χ1v) is 10.6. The molecule has 3 aromatic rings. The number of hydrogen-bond donors (Lipinski definition) is 3. The molecular weight excluding hydrogens is 378 g/mol. The van der Waals surface area contributed by atoms with Crippen molar-refractivity contribution in [1.82, 2.24) is 10.3 Å². The van der Waals surface area contributed by atoms with Crippen molar-refractivity contribution in [2.24, 2.45) is 0 Å². The van der Waals surface area contributed by atoms with Gasteiger partial charge in [0.1, 0.15) is 0 Å². The van der Waals surface area contributed by atoms with Gasteiger partial charge in [0.2, 0.25) is 0 Å². The van der Waals surface area contributed by atoms with Gasteiger partial charge >= 0.3 is 0 Å². The molecule has 1 fully saturated rings. The number of rotatable bonds is 1. The molecular formula is C24H23N3O3. The molecule has 6 nitrogen and oxygen atoms in total. The van der Waals surface area contributed by atoms with Gasteiger partial charge in [-0.25, -0.2) is 4.98 Å². The molecule has 0 amide bonds. The smallest absolute Gasteiger partial charge is 0.166 e. The maximum absolute atomic E-state index is 12.4. The summed E-state index contributed by atoms with van der Waals surface area (Å²) < 4.78 is 12.3. The van der Waals surface area contributed by atoms with E-state index in [1.165, 1.54) is 5.56 Å². The molecule has 4 aliphatic rings. The van der Waals surface area contributed by atoms with Crippen molar-refractivity contribution in [3.05, 3.63) is 58.8 Å². The average Bonchev–Trinajstić information content (AvgIpc) is 3.09. The maximum Gasteiger partial charge on any atom is 0.166 e. The van der Waals surface area contributed by atoms with Crippen LogP contribution in [0.4, 0.5) is 5.69 Å². The van der Waals surface area contributed by atoms with E-state index in [4.69, 9.17) is 20.2 Å². The first-order chi connectivity index (χ1) is 14.6. The fraction of sp³-hybridized carbons (Fsp3) is 0.375. The van der Waals surface area contributed by atoms with E-state index in [2.05, 4.69) is 11.4 Å². The third-order valence-corrected chi connectivity index (χ3v) is 8.00. The molecule has 6 heteroatoms. The highest BCUT2D eigenvalue weighted by Crippen LogP contribution is 2.67. The Hall–Kier alpha value is -2.83. The lowest BCUT2D eigenvalue weighted by atomic mass is 9.49. The number of nitrogens with two attached hydrogens (primary N) is 1. The van der Waals surface area contributed by atoms with Crippen molar-refractivity contribution >= 4 is 16.6 Å². The summed E-state index contributed by atoms with van der Waals surface area (Å²) >= 11 is 0. The molecule has 152 valence electrons. The van der Waals surface area contributed by atoms with E-state index in [0.29, 0.717) is 17.9 Å². The van der Waals surface area contributed by atoms with Crippen LogP contribution in [0.25, 0.3) is 10.9 Å². The Balaban J connectivity index is 1.60. The number of methoxy groups -OCH3 is 1. The van der Waals surface area contributed by atoms with Crippen LogP contribution < -0.4 is 20.5 Å². The Labute approximate surface area is 174 Å². The fourth-order valence-corrected chi connectivity index (χ4v) is 6.73. The van der Waals surface area contributed by atoms with Crippen LogP contribution in [0.15, 0.2) is 36.4 Å². The zero-order chi connectivity index (χ0) is 20.3. The highest BCUT2D eigenvalue weighted by molar-refractivity contribution is 5.92. The number of pyridine rings is 1. The number of fused-ring (bicyclic) bond motifs is 3. The van der Waals surface area contributed by atoms with Gasteiger partial charge in [-0.3, -0.25) is 0 Å². The summed E-state index contributed by atoms with van der Waals surface area (Å²) in [5, 5.41) is 16.9. The molecule has 30 heavy (non-hydrogen) atoms. The summed E-state index contributed by atoms with van der Waals surface area (Å²) in [4.78, 5) is 5.04. The standard InChI is InChI=1S/C24H23N3O3/c1-29-16-7-6-12-10-17-24(28)11-14-19(25)13-4-2-3-5-15(13)27-20(14)22-23(24,8-9-26-17)18(12)21(16)30-22/h2-7,17,22,26,28H,8-11H2,1H3,(H2,25,27)/t17-,22?,23+,24?/m1/s1. The van der Waals surface area contributed by atoms with E-state index in [1.807, 2.05) is 30.3 Å². The average molecular weight is 401 g/mol. The lowest BCUT2D eigenvalue weighted by Gasteiger charge is -2.60. The first-order valence-electron chi connectivity index (χ1n) is 10.6. The molecule has 4 N–H and O–H groups in total. The van der Waals surface area contributed by atoms with Gasteiger partial charge in [0.05, 0.1) is 29.3 Å². The van der Waals surface area contributed by atoms with E-state index >= 15 is 0 Å². The molecule has 0 saturated carbocycles. The molecule has 4 atom stereocenters. The van der Waals surface area contributed by atoms with Crippen molar-refractivity contribution in [2.75, 3.05) is 19.4 Å². The summed E-state index contributed by atoms with van der Waals surface area (Å²) in [5.74, 6) is 1.48. The van der Waals surface area contributed by atoms with Crippen LogP contribution in [0.5, 0.6) is 11.5 Å². The van der Waals surface area contributed by atoms with Crippen molar-refractivity contribution in [1.29, 1.82) is 0 Å². The third-order valence-electron chi connectivity index (χ3n) is 8.00. The zero-order valence-electron chi connectivity index (χ0n) is 16.7. The summed E-state index contributed by atoms with van der Waals surface area (Å²) in [7, 11) is 1.67. The van der Waals surface area contributed by atoms with E-state index in [9.17, 15) is 5.11 Å². The van der Waals surface area contributed by atoms with Crippen molar-refractivity contribution in [3.63, 3.8) is 0 Å². The summed E-state index contributed by atoms with van der Waals surface area (Å²) in [6.07, 6.45) is 1.63. The van der Waals surface area contributed by atoms with Gasteiger partial charge in [-0.05, 0) is 37.1 Å². The molecule has 2 aliphatic heterocycles. The van der Waals surface area contributed by atoms with Crippen LogP contribution in [0.3, 0.4) is 0 Å². The Kier molecular flexibility index (Phi) is 2.96. The number of aromatic nitrogens is 1. The molecule has 2 unspecified atom stereocenters. The first kappa shape index (κ1) is 16.9. The highest BCUT2D eigenvalue weighted by atomic mass is 16.5. The second kappa shape index (κ2) is 5.25. The second-order valence-electron chi connectivity index (χ2n) is 9.07. The van der Waals surface area contributed by atoms with Crippen LogP contribution in [0.1, 0.15) is 34.9 Å². The van der Waals surface area contributed by atoms with E-state index in [-0.39, 0.29) is 12.1 Å². The number of aliphatic hydroxyl groups is 1. The normalized spacial score (nSPS) is 32.3. The number of nitrogens with one attached hydrogen (secondary N) is 1. The molecule has 1 spiro atoms. The van der Waals surface area contributed by atoms with Gasteiger partial charge in [0.15, 0.2) is 17.6 Å². The molecule has 2 aliphatic carbocycles. The van der Waals surface area contributed by atoms with Gasteiger partial charge in [-0.2, -0.15) is 0 Å². The predicted molar refractivity (Wildman–Crippen MR) is 113 cm³/mol. The topological polar surface area (TPSA) is 89.6 Å². The minimum Gasteiger partial charge on any atom is -0.493 e. The summed E-state index contributed by atoms with van der Waals surface area (Å²) in [5.41, 5.74) is 10.8. The number of anilines is 1. The van der Waals surface area contributed by atoms with Crippen molar-refractivity contribution in [3.8, 4) is 11.5 Å².